The molecule has 0 saturated heterocycles. The van der Waals surface area contributed by atoms with Gasteiger partial charge < -0.3 is 0 Å². The first-order chi connectivity index (χ1) is 6.29. The molecule has 1 aromatic carbocycles. The highest BCUT2D eigenvalue weighted by atomic mass is 31.1. The summed E-state index contributed by atoms with van der Waals surface area (Å²) in [5.41, 5.74) is 1.13. The minimum Gasteiger partial charge on any atom is -0.238 e. The molecule has 3 nitrogen and oxygen atoms in total. The van der Waals surface area contributed by atoms with Gasteiger partial charge in [-0.25, -0.2) is 4.52 Å². The Hall–Kier alpha value is -1.18. The van der Waals surface area contributed by atoms with Gasteiger partial charge in [-0.15, -0.1) is 4.89 Å². The van der Waals surface area contributed by atoms with Crippen LogP contribution in [0.25, 0.3) is 0 Å². The number of benzene rings is 1. The molecule has 0 bridgehead atoms. The molecule has 1 rings (SSSR count). The molecular weight excluding hydrogens is 187 g/mol. The molecule has 68 valence electrons. The molecule has 0 spiro atoms. The molecule has 0 aliphatic heterocycles. The zero-order chi connectivity index (χ0) is 9.52. The minimum atomic E-state index is -2.52. The van der Waals surface area contributed by atoms with Crippen molar-refractivity contribution >= 4 is 8.25 Å². The fourth-order valence-corrected chi connectivity index (χ4v) is 1.08. The van der Waals surface area contributed by atoms with Crippen LogP contribution in [0.1, 0.15) is 5.56 Å². The number of allylic oxidation sites excluding steroid dienone is 1. The lowest BCUT2D eigenvalue weighted by molar-refractivity contribution is 0.377. The fourth-order valence-electron chi connectivity index (χ4n) is 0.893. The molecule has 0 aromatic heterocycles. The van der Waals surface area contributed by atoms with E-state index in [0.717, 1.165) is 5.56 Å². The fraction of sp³-hybridized carbons (Fsp3) is 0.111. The number of hydrogen-bond donors (Lipinski definition) is 1. The van der Waals surface area contributed by atoms with Crippen molar-refractivity contribution in [3.8, 4) is 0 Å². The van der Waals surface area contributed by atoms with Crippen LogP contribution in [0.3, 0.4) is 0 Å². The summed E-state index contributed by atoms with van der Waals surface area (Å²) < 4.78 is 14.4. The molecule has 1 N–H and O–H groups in total. The van der Waals surface area contributed by atoms with Crippen molar-refractivity contribution in [2.24, 2.45) is 0 Å². The molecule has 1 aromatic rings. The molecule has 0 amide bonds. The Morgan fingerprint density at radius 1 is 1.38 bits per heavy atom. The van der Waals surface area contributed by atoms with Crippen molar-refractivity contribution in [3.05, 3.63) is 48.2 Å². The van der Waals surface area contributed by atoms with Gasteiger partial charge in [0.05, 0.1) is 0 Å². The molecular formula is C9H10O3P+. The van der Waals surface area contributed by atoms with Gasteiger partial charge in [-0.1, -0.05) is 30.3 Å². The van der Waals surface area contributed by atoms with E-state index in [2.05, 4.69) is 4.52 Å². The van der Waals surface area contributed by atoms with Crippen LogP contribution in [-0.4, -0.2) is 4.89 Å². The first-order valence-electron chi connectivity index (χ1n) is 3.81. The predicted octanol–water partition coefficient (Wildman–Crippen LogP) is 2.41. The molecule has 13 heavy (non-hydrogen) atoms. The maximum Gasteiger partial charge on any atom is 0.746 e. The summed E-state index contributed by atoms with van der Waals surface area (Å²) in [5, 5.41) is 0. The van der Waals surface area contributed by atoms with Gasteiger partial charge in [0, 0.05) is 4.57 Å². The molecule has 1 atom stereocenters. The third kappa shape index (κ3) is 4.41. The first-order valence-corrected chi connectivity index (χ1v) is 4.94. The minimum absolute atomic E-state index is 0.698. The second-order valence-electron chi connectivity index (χ2n) is 2.40. The summed E-state index contributed by atoms with van der Waals surface area (Å²) in [7, 11) is -2.52. The SMILES string of the molecule is O=[P+](O)OC=CCc1ccccc1. The lowest BCUT2D eigenvalue weighted by Crippen LogP contribution is -1.78. The van der Waals surface area contributed by atoms with Crippen molar-refractivity contribution in [1.29, 1.82) is 0 Å². The van der Waals surface area contributed by atoms with Crippen LogP contribution < -0.4 is 0 Å². The van der Waals surface area contributed by atoms with Crippen LogP contribution in [0.15, 0.2) is 42.7 Å². The van der Waals surface area contributed by atoms with Crippen LogP contribution in [0, 0.1) is 0 Å². The Morgan fingerprint density at radius 3 is 2.69 bits per heavy atom. The van der Waals surface area contributed by atoms with E-state index in [1.165, 1.54) is 6.26 Å². The summed E-state index contributed by atoms with van der Waals surface area (Å²) in [6.07, 6.45) is 3.63. The van der Waals surface area contributed by atoms with Crippen LogP contribution in [0.4, 0.5) is 0 Å². The third-order valence-corrected chi connectivity index (χ3v) is 1.75. The molecule has 0 saturated carbocycles. The van der Waals surface area contributed by atoms with Crippen LogP contribution >= 0.6 is 8.25 Å². The average molecular weight is 197 g/mol. The Kier molecular flexibility index (Phi) is 4.16. The standard InChI is InChI=1S/C9H9O3P/c10-13(11)12-8-4-7-9-5-2-1-3-6-9/h1-6,8H,7H2/p+1. The molecule has 0 radical (unpaired) electrons. The maximum absolute atomic E-state index is 10.1. The highest BCUT2D eigenvalue weighted by molar-refractivity contribution is 7.32. The van der Waals surface area contributed by atoms with Gasteiger partial charge in [-0.3, -0.25) is 0 Å². The number of rotatable bonds is 4. The van der Waals surface area contributed by atoms with Gasteiger partial charge in [-0.2, -0.15) is 0 Å². The first kappa shape index (κ1) is 9.90. The Bertz CT molecular complexity index is 295. The lowest BCUT2D eigenvalue weighted by Gasteiger charge is -1.91. The van der Waals surface area contributed by atoms with Gasteiger partial charge in [0.2, 0.25) is 0 Å². The second kappa shape index (κ2) is 5.46. The summed E-state index contributed by atoms with van der Waals surface area (Å²) in [5.74, 6) is 0. The molecule has 0 aliphatic rings. The van der Waals surface area contributed by atoms with E-state index in [1.807, 2.05) is 30.3 Å². The predicted molar refractivity (Wildman–Crippen MR) is 50.2 cm³/mol. The highest BCUT2D eigenvalue weighted by Gasteiger charge is 2.06. The van der Waals surface area contributed by atoms with Crippen molar-refractivity contribution in [1.82, 2.24) is 0 Å². The van der Waals surface area contributed by atoms with Crippen LogP contribution in [-0.2, 0) is 15.5 Å². The normalized spacial score (nSPS) is 11.6. The van der Waals surface area contributed by atoms with Crippen molar-refractivity contribution < 1.29 is 14.0 Å². The van der Waals surface area contributed by atoms with Crippen LogP contribution in [0.5, 0.6) is 0 Å². The Labute approximate surface area is 77.6 Å². The molecule has 0 heterocycles. The average Bonchev–Trinajstić information content (AvgIpc) is 2.14. The largest absolute Gasteiger partial charge is 0.746 e. The van der Waals surface area contributed by atoms with E-state index in [-0.39, 0.29) is 0 Å². The van der Waals surface area contributed by atoms with Crippen molar-refractivity contribution in [3.63, 3.8) is 0 Å². The van der Waals surface area contributed by atoms with E-state index < -0.39 is 8.25 Å². The third-order valence-electron chi connectivity index (χ3n) is 1.44. The second-order valence-corrected chi connectivity index (χ2v) is 3.09. The van der Waals surface area contributed by atoms with Crippen molar-refractivity contribution in [2.45, 2.75) is 6.42 Å². The quantitative estimate of drug-likeness (QED) is 0.595. The molecule has 0 aliphatic carbocycles. The van der Waals surface area contributed by atoms with E-state index in [1.54, 1.807) is 6.08 Å². The van der Waals surface area contributed by atoms with Gasteiger partial charge in [0.1, 0.15) is 0 Å². The monoisotopic (exact) mass is 197 g/mol. The van der Waals surface area contributed by atoms with E-state index in [9.17, 15) is 4.57 Å². The maximum atomic E-state index is 10.1. The lowest BCUT2D eigenvalue weighted by atomic mass is 10.2. The van der Waals surface area contributed by atoms with Gasteiger partial charge in [0.15, 0.2) is 6.26 Å². The summed E-state index contributed by atoms with van der Waals surface area (Å²) in [6.45, 7) is 0. The topological polar surface area (TPSA) is 46.5 Å². The summed E-state index contributed by atoms with van der Waals surface area (Å²) >= 11 is 0. The number of hydrogen-bond acceptors (Lipinski definition) is 2. The van der Waals surface area contributed by atoms with E-state index in [4.69, 9.17) is 4.89 Å². The van der Waals surface area contributed by atoms with Crippen molar-refractivity contribution in [2.75, 3.05) is 0 Å². The zero-order valence-electron chi connectivity index (χ0n) is 6.96. The summed E-state index contributed by atoms with van der Waals surface area (Å²) in [6, 6.07) is 9.77. The van der Waals surface area contributed by atoms with E-state index >= 15 is 0 Å². The molecule has 4 heteroatoms. The smallest absolute Gasteiger partial charge is 0.238 e. The zero-order valence-corrected chi connectivity index (χ0v) is 7.85. The van der Waals surface area contributed by atoms with Gasteiger partial charge in [0.25, 0.3) is 0 Å². The van der Waals surface area contributed by atoms with E-state index in [0.29, 0.717) is 6.42 Å². The Morgan fingerprint density at radius 2 is 2.08 bits per heavy atom. The highest BCUT2D eigenvalue weighted by Crippen LogP contribution is 2.14. The molecule has 1 unspecified atom stereocenters. The molecule has 0 fully saturated rings. The summed E-state index contributed by atoms with van der Waals surface area (Å²) in [4.78, 5) is 8.29. The van der Waals surface area contributed by atoms with Crippen LogP contribution in [0.2, 0.25) is 0 Å². The van der Waals surface area contributed by atoms with Gasteiger partial charge >= 0.3 is 8.25 Å². The van der Waals surface area contributed by atoms with Gasteiger partial charge in [-0.05, 0) is 18.1 Å². The Balaban J connectivity index is 2.35.